The second-order valence-electron chi connectivity index (χ2n) is 7.88. The lowest BCUT2D eigenvalue weighted by Crippen LogP contribution is -2.39. The van der Waals surface area contributed by atoms with Gasteiger partial charge in [0.05, 0.1) is 29.0 Å². The number of oxazole rings is 1. The van der Waals surface area contributed by atoms with Gasteiger partial charge < -0.3 is 18.6 Å². The third-order valence-corrected chi connectivity index (χ3v) is 5.94. The zero-order valence-electron chi connectivity index (χ0n) is 17.3. The predicted octanol–water partition coefficient (Wildman–Crippen LogP) is 4.61. The maximum Gasteiger partial charge on any atom is 0.231 e. The summed E-state index contributed by atoms with van der Waals surface area (Å²) in [6.45, 7) is 5.31. The number of hydrogen-bond acceptors (Lipinski definition) is 7. The molecule has 0 saturated carbocycles. The fourth-order valence-electron chi connectivity index (χ4n) is 3.97. The SMILES string of the molecule is Cc1oc(-c2cc3c(cc2Cl)OCO3)nc1CN1CCC[C@@H](OCc2cccnc2)C1. The fourth-order valence-corrected chi connectivity index (χ4v) is 4.21. The monoisotopic (exact) mass is 441 g/mol. The third-order valence-electron chi connectivity index (χ3n) is 5.63. The molecule has 162 valence electrons. The van der Waals surface area contributed by atoms with Gasteiger partial charge in [0.15, 0.2) is 11.5 Å². The first-order chi connectivity index (χ1) is 15.2. The minimum Gasteiger partial charge on any atom is -0.454 e. The number of aromatic nitrogens is 2. The molecule has 1 aromatic carbocycles. The average Bonchev–Trinajstić information content (AvgIpc) is 3.38. The van der Waals surface area contributed by atoms with Crippen LogP contribution in [0.2, 0.25) is 5.02 Å². The Morgan fingerprint density at radius 1 is 1.26 bits per heavy atom. The molecule has 0 spiro atoms. The van der Waals surface area contributed by atoms with Gasteiger partial charge in [-0.05, 0) is 44.0 Å². The van der Waals surface area contributed by atoms with Crippen LogP contribution in [-0.2, 0) is 17.9 Å². The average molecular weight is 442 g/mol. The number of benzene rings is 1. The van der Waals surface area contributed by atoms with Crippen LogP contribution in [0.4, 0.5) is 0 Å². The van der Waals surface area contributed by atoms with Crippen LogP contribution in [-0.4, -0.2) is 40.9 Å². The first-order valence-corrected chi connectivity index (χ1v) is 10.8. The van der Waals surface area contributed by atoms with Crippen molar-refractivity contribution in [2.24, 2.45) is 0 Å². The summed E-state index contributed by atoms with van der Waals surface area (Å²) >= 11 is 6.43. The molecule has 3 aromatic rings. The van der Waals surface area contributed by atoms with E-state index in [-0.39, 0.29) is 12.9 Å². The van der Waals surface area contributed by atoms with Crippen molar-refractivity contribution >= 4 is 11.6 Å². The van der Waals surface area contributed by atoms with Gasteiger partial charge in [0.1, 0.15) is 5.76 Å². The zero-order valence-corrected chi connectivity index (χ0v) is 18.1. The highest BCUT2D eigenvalue weighted by Crippen LogP contribution is 2.41. The molecule has 31 heavy (non-hydrogen) atoms. The number of rotatable bonds is 6. The summed E-state index contributed by atoms with van der Waals surface area (Å²) in [6.07, 6.45) is 5.98. The summed E-state index contributed by atoms with van der Waals surface area (Å²) < 4.78 is 22.9. The normalized spacial score (nSPS) is 18.5. The van der Waals surface area contributed by atoms with Crippen molar-refractivity contribution < 1.29 is 18.6 Å². The first kappa shape index (κ1) is 20.3. The summed E-state index contributed by atoms with van der Waals surface area (Å²) in [5.41, 5.74) is 2.71. The number of likely N-dealkylation sites (tertiary alicyclic amines) is 1. The van der Waals surface area contributed by atoms with E-state index in [4.69, 9.17) is 35.2 Å². The molecule has 0 unspecified atom stereocenters. The van der Waals surface area contributed by atoms with E-state index in [2.05, 4.69) is 9.88 Å². The summed E-state index contributed by atoms with van der Waals surface area (Å²) in [5, 5.41) is 0.527. The second-order valence-corrected chi connectivity index (χ2v) is 8.29. The molecule has 0 aliphatic carbocycles. The largest absolute Gasteiger partial charge is 0.454 e. The van der Waals surface area contributed by atoms with Crippen molar-refractivity contribution in [1.29, 1.82) is 0 Å². The third kappa shape index (κ3) is 4.54. The first-order valence-electron chi connectivity index (χ1n) is 10.4. The minimum atomic E-state index is 0.198. The highest BCUT2D eigenvalue weighted by molar-refractivity contribution is 6.33. The summed E-state index contributed by atoms with van der Waals surface area (Å²) in [6, 6.07) is 7.54. The van der Waals surface area contributed by atoms with Crippen molar-refractivity contribution in [3.05, 3.63) is 58.7 Å². The van der Waals surface area contributed by atoms with Crippen LogP contribution in [0.15, 0.2) is 41.1 Å². The summed E-state index contributed by atoms with van der Waals surface area (Å²) in [7, 11) is 0. The molecular formula is C23H24ClN3O4. The maximum absolute atomic E-state index is 6.43. The summed E-state index contributed by atoms with van der Waals surface area (Å²) in [5.74, 6) is 2.59. The molecule has 2 aliphatic heterocycles. The van der Waals surface area contributed by atoms with E-state index in [1.54, 1.807) is 12.3 Å². The van der Waals surface area contributed by atoms with Crippen molar-refractivity contribution in [3.63, 3.8) is 0 Å². The Morgan fingerprint density at radius 3 is 2.97 bits per heavy atom. The Labute approximate surface area is 185 Å². The quantitative estimate of drug-likeness (QED) is 0.553. The van der Waals surface area contributed by atoms with Crippen LogP contribution in [0.25, 0.3) is 11.5 Å². The molecule has 0 N–H and O–H groups in total. The van der Waals surface area contributed by atoms with Crippen LogP contribution in [0.1, 0.15) is 29.9 Å². The van der Waals surface area contributed by atoms with E-state index in [0.29, 0.717) is 41.1 Å². The van der Waals surface area contributed by atoms with Gasteiger partial charge in [-0.15, -0.1) is 0 Å². The standard InChI is InChI=1S/C23H24ClN3O4/c1-15-20(26-23(31-15)18-8-21-22(9-19(18)24)30-14-29-21)12-27-7-3-5-17(11-27)28-13-16-4-2-6-25-10-16/h2,4,6,8-10,17H,3,5,7,11-14H2,1H3/t17-/m1/s1. The maximum atomic E-state index is 6.43. The van der Waals surface area contributed by atoms with Gasteiger partial charge in [-0.1, -0.05) is 17.7 Å². The minimum absolute atomic E-state index is 0.198. The van der Waals surface area contributed by atoms with Gasteiger partial charge in [-0.2, -0.15) is 0 Å². The number of ether oxygens (including phenoxy) is 3. The highest BCUT2D eigenvalue weighted by atomic mass is 35.5. The van der Waals surface area contributed by atoms with Crippen LogP contribution >= 0.6 is 11.6 Å². The Hall–Kier alpha value is -2.61. The second kappa shape index (κ2) is 8.86. The lowest BCUT2D eigenvalue weighted by atomic mass is 10.1. The van der Waals surface area contributed by atoms with Gasteiger partial charge in [0.2, 0.25) is 12.7 Å². The van der Waals surface area contributed by atoms with Gasteiger partial charge in [0.25, 0.3) is 0 Å². The molecule has 5 rings (SSSR count). The molecular weight excluding hydrogens is 418 g/mol. The molecule has 7 nitrogen and oxygen atoms in total. The van der Waals surface area contributed by atoms with Crippen molar-refractivity contribution in [1.82, 2.24) is 14.9 Å². The van der Waals surface area contributed by atoms with Gasteiger partial charge >= 0.3 is 0 Å². The van der Waals surface area contributed by atoms with E-state index in [0.717, 1.165) is 42.9 Å². The number of fused-ring (bicyclic) bond motifs is 1. The van der Waals surface area contributed by atoms with Crippen molar-refractivity contribution in [2.75, 3.05) is 19.9 Å². The summed E-state index contributed by atoms with van der Waals surface area (Å²) in [4.78, 5) is 11.3. The van der Waals surface area contributed by atoms with Gasteiger partial charge in [-0.3, -0.25) is 9.88 Å². The molecule has 1 saturated heterocycles. The molecule has 4 heterocycles. The zero-order chi connectivity index (χ0) is 21.2. The van der Waals surface area contributed by atoms with Gasteiger partial charge in [-0.25, -0.2) is 4.98 Å². The topological polar surface area (TPSA) is 69.9 Å². The molecule has 2 aromatic heterocycles. The number of aryl methyl sites for hydroxylation is 1. The molecule has 0 amide bonds. The van der Waals surface area contributed by atoms with E-state index >= 15 is 0 Å². The molecule has 0 radical (unpaired) electrons. The van der Waals surface area contributed by atoms with E-state index < -0.39 is 0 Å². The Bertz CT molecular complexity index is 1060. The van der Waals surface area contributed by atoms with E-state index in [1.807, 2.05) is 31.3 Å². The lowest BCUT2D eigenvalue weighted by molar-refractivity contribution is -0.0124. The van der Waals surface area contributed by atoms with Crippen LogP contribution < -0.4 is 9.47 Å². The Morgan fingerprint density at radius 2 is 2.13 bits per heavy atom. The van der Waals surface area contributed by atoms with Gasteiger partial charge in [0, 0.05) is 31.5 Å². The smallest absolute Gasteiger partial charge is 0.231 e. The van der Waals surface area contributed by atoms with Crippen LogP contribution in [0.5, 0.6) is 11.5 Å². The molecule has 0 bridgehead atoms. The molecule has 2 aliphatic rings. The number of hydrogen-bond donors (Lipinski definition) is 0. The Balaban J connectivity index is 1.25. The Kier molecular flexibility index (Phi) is 5.80. The number of piperidine rings is 1. The number of pyridine rings is 1. The van der Waals surface area contributed by atoms with Crippen LogP contribution in [0.3, 0.4) is 0 Å². The number of halogens is 1. The fraction of sp³-hybridized carbons (Fsp3) is 0.391. The lowest BCUT2D eigenvalue weighted by Gasteiger charge is -2.32. The molecule has 8 heteroatoms. The molecule has 1 fully saturated rings. The predicted molar refractivity (Wildman–Crippen MR) is 115 cm³/mol. The van der Waals surface area contributed by atoms with E-state index in [9.17, 15) is 0 Å². The van der Waals surface area contributed by atoms with Crippen LogP contribution in [0, 0.1) is 6.92 Å². The molecule has 1 atom stereocenters. The highest BCUT2D eigenvalue weighted by Gasteiger charge is 2.24. The number of nitrogens with zero attached hydrogens (tertiary/aromatic N) is 3. The van der Waals surface area contributed by atoms with E-state index in [1.165, 1.54) is 0 Å². The van der Waals surface area contributed by atoms with Crippen molar-refractivity contribution in [3.8, 4) is 23.0 Å². The van der Waals surface area contributed by atoms with Crippen molar-refractivity contribution in [2.45, 2.75) is 39.0 Å².